The molecule has 1 aromatic carbocycles. The first-order valence-electron chi connectivity index (χ1n) is 8.17. The Hall–Kier alpha value is -2.97. The number of hydrogen-bond acceptors (Lipinski definition) is 6. The number of nitrogens with one attached hydrogen (secondary N) is 1. The van der Waals surface area contributed by atoms with Gasteiger partial charge in [0.15, 0.2) is 6.10 Å². The minimum Gasteiger partial charge on any atom is -0.430 e. The summed E-state index contributed by atoms with van der Waals surface area (Å²) < 4.78 is 19.5. The van der Waals surface area contributed by atoms with Gasteiger partial charge < -0.3 is 10.1 Å². The van der Waals surface area contributed by atoms with E-state index in [2.05, 4.69) is 16.4 Å². The van der Waals surface area contributed by atoms with Gasteiger partial charge in [-0.3, -0.25) is 0 Å². The Balaban J connectivity index is 2.14. The van der Waals surface area contributed by atoms with Gasteiger partial charge in [-0.2, -0.15) is 10.5 Å². The number of amides is 1. The van der Waals surface area contributed by atoms with Crippen LogP contribution in [0, 0.1) is 35.4 Å². The Labute approximate surface area is 161 Å². The van der Waals surface area contributed by atoms with Gasteiger partial charge in [0.25, 0.3) is 0 Å². The van der Waals surface area contributed by atoms with Crippen LogP contribution >= 0.6 is 11.3 Å². The summed E-state index contributed by atoms with van der Waals surface area (Å²) in [6.45, 7) is 7.07. The van der Waals surface area contributed by atoms with Crippen molar-refractivity contribution in [3.63, 3.8) is 0 Å². The highest BCUT2D eigenvalue weighted by atomic mass is 32.1. The summed E-state index contributed by atoms with van der Waals surface area (Å²) in [4.78, 5) is 16.5. The van der Waals surface area contributed by atoms with Crippen LogP contribution in [-0.2, 0) is 11.2 Å². The van der Waals surface area contributed by atoms with Gasteiger partial charge in [-0.15, -0.1) is 11.3 Å². The lowest BCUT2D eigenvalue weighted by atomic mass is 10.1. The quantitative estimate of drug-likeness (QED) is 0.853. The smallest absolute Gasteiger partial charge is 0.408 e. The number of halogens is 1. The van der Waals surface area contributed by atoms with E-state index in [-0.39, 0.29) is 12.0 Å². The van der Waals surface area contributed by atoms with Crippen LogP contribution in [-0.4, -0.2) is 22.7 Å². The van der Waals surface area contributed by atoms with Crippen molar-refractivity contribution in [2.75, 3.05) is 0 Å². The van der Waals surface area contributed by atoms with Gasteiger partial charge in [0.2, 0.25) is 0 Å². The minimum absolute atomic E-state index is 0.0689. The topological polar surface area (TPSA) is 98.8 Å². The molecule has 1 amide bonds. The second-order valence-electron chi connectivity index (χ2n) is 6.95. The Kier molecular flexibility index (Phi) is 6.14. The van der Waals surface area contributed by atoms with Crippen LogP contribution in [0.4, 0.5) is 9.18 Å². The Morgan fingerprint density at radius 1 is 1.41 bits per heavy atom. The fourth-order valence-electron chi connectivity index (χ4n) is 2.25. The molecule has 0 aliphatic heterocycles. The molecule has 8 heteroatoms. The molecule has 6 nitrogen and oxygen atoms in total. The highest BCUT2D eigenvalue weighted by Gasteiger charge is 2.21. The number of rotatable bonds is 4. The largest absolute Gasteiger partial charge is 0.430 e. The number of carbonyl (C=O) groups excluding carboxylic acids is 1. The van der Waals surface area contributed by atoms with Gasteiger partial charge in [-0.1, -0.05) is 12.1 Å². The maximum atomic E-state index is 14.5. The van der Waals surface area contributed by atoms with E-state index in [0.29, 0.717) is 21.1 Å². The Morgan fingerprint density at radius 2 is 2.11 bits per heavy atom. The highest BCUT2D eigenvalue weighted by molar-refractivity contribution is 7.15. The number of hydrogen-bond donors (Lipinski definition) is 1. The molecule has 0 unspecified atom stereocenters. The summed E-state index contributed by atoms with van der Waals surface area (Å²) in [5.74, 6) is -0.529. The van der Waals surface area contributed by atoms with Crippen LogP contribution in [0.3, 0.4) is 0 Å². The molecule has 1 heterocycles. The number of nitriles is 2. The standard InChI is InChI=1S/C19H19FN4O2S/c1-11-16(10-22)27-17(23-11)13-6-5-12(15(20)8-13)7-14(9-21)26-18(25)24-19(2,3)4/h5-6,8,14H,7H2,1-4H3,(H,24,25)/t14-/m0/s1. The van der Waals surface area contributed by atoms with Gasteiger partial charge in [0.1, 0.15) is 27.8 Å². The van der Waals surface area contributed by atoms with Crippen LogP contribution in [0.1, 0.15) is 36.9 Å². The Morgan fingerprint density at radius 3 is 2.63 bits per heavy atom. The average molecular weight is 386 g/mol. The van der Waals surface area contributed by atoms with E-state index in [0.717, 1.165) is 0 Å². The summed E-state index contributed by atoms with van der Waals surface area (Å²) in [6.07, 6.45) is -1.91. The number of aromatic nitrogens is 1. The minimum atomic E-state index is -1.11. The van der Waals surface area contributed by atoms with Gasteiger partial charge >= 0.3 is 6.09 Å². The van der Waals surface area contributed by atoms with Gasteiger partial charge in [-0.05, 0) is 39.3 Å². The van der Waals surface area contributed by atoms with E-state index < -0.39 is 23.6 Å². The molecular weight excluding hydrogens is 367 g/mol. The van der Waals surface area contributed by atoms with Crippen molar-refractivity contribution < 1.29 is 13.9 Å². The number of nitrogens with zero attached hydrogens (tertiary/aromatic N) is 3. The van der Waals surface area contributed by atoms with Crippen molar-refractivity contribution in [1.29, 1.82) is 10.5 Å². The number of benzene rings is 1. The van der Waals surface area contributed by atoms with E-state index in [9.17, 15) is 14.4 Å². The predicted octanol–water partition coefficient (Wildman–Crippen LogP) is 4.09. The number of alkyl carbamates (subject to hydrolysis) is 1. The fraction of sp³-hybridized carbons (Fsp3) is 0.368. The number of carbonyl (C=O) groups is 1. The van der Waals surface area contributed by atoms with E-state index >= 15 is 0 Å². The lowest BCUT2D eigenvalue weighted by Crippen LogP contribution is -2.42. The molecule has 0 spiro atoms. The molecule has 0 aliphatic carbocycles. The van der Waals surface area contributed by atoms with Crippen molar-refractivity contribution >= 4 is 17.4 Å². The van der Waals surface area contributed by atoms with Gasteiger partial charge in [0, 0.05) is 17.5 Å². The molecule has 0 saturated carbocycles. The lowest BCUT2D eigenvalue weighted by Gasteiger charge is -2.21. The van der Waals surface area contributed by atoms with Crippen LogP contribution in [0.25, 0.3) is 10.6 Å². The maximum Gasteiger partial charge on any atom is 0.408 e. The van der Waals surface area contributed by atoms with E-state index in [1.54, 1.807) is 33.8 Å². The zero-order valence-electron chi connectivity index (χ0n) is 15.5. The summed E-state index contributed by atoms with van der Waals surface area (Å²) >= 11 is 1.19. The summed E-state index contributed by atoms with van der Waals surface area (Å²) in [6, 6.07) is 8.42. The van der Waals surface area contributed by atoms with Crippen molar-refractivity contribution in [3.05, 3.63) is 40.2 Å². The zero-order valence-corrected chi connectivity index (χ0v) is 16.3. The number of ether oxygens (including phenoxy) is 1. The molecule has 2 aromatic rings. The molecular formula is C19H19FN4O2S. The first-order chi connectivity index (χ1) is 12.6. The molecule has 0 radical (unpaired) electrons. The second-order valence-corrected chi connectivity index (χ2v) is 7.95. The van der Waals surface area contributed by atoms with Crippen molar-refractivity contribution in [1.82, 2.24) is 10.3 Å². The first kappa shape index (κ1) is 20.3. The van der Waals surface area contributed by atoms with Gasteiger partial charge in [0.05, 0.1) is 5.69 Å². The molecule has 1 aromatic heterocycles. The first-order valence-corrected chi connectivity index (χ1v) is 8.99. The highest BCUT2D eigenvalue weighted by Crippen LogP contribution is 2.29. The van der Waals surface area contributed by atoms with E-state index in [1.807, 2.05) is 6.07 Å². The molecule has 1 N–H and O–H groups in total. The van der Waals surface area contributed by atoms with Crippen molar-refractivity contribution in [2.24, 2.45) is 0 Å². The van der Waals surface area contributed by atoms with Crippen LogP contribution < -0.4 is 5.32 Å². The second kappa shape index (κ2) is 8.15. The monoisotopic (exact) mass is 386 g/mol. The molecule has 0 bridgehead atoms. The van der Waals surface area contributed by atoms with Crippen LogP contribution in [0.5, 0.6) is 0 Å². The van der Waals surface area contributed by atoms with Crippen LogP contribution in [0.15, 0.2) is 18.2 Å². The number of aryl methyl sites for hydroxylation is 1. The van der Waals surface area contributed by atoms with Crippen molar-refractivity contribution in [3.8, 4) is 22.7 Å². The average Bonchev–Trinajstić information content (AvgIpc) is 2.95. The van der Waals surface area contributed by atoms with Crippen LogP contribution in [0.2, 0.25) is 0 Å². The lowest BCUT2D eigenvalue weighted by molar-refractivity contribution is 0.114. The van der Waals surface area contributed by atoms with Gasteiger partial charge in [-0.25, -0.2) is 14.2 Å². The molecule has 2 rings (SSSR count). The summed E-state index contributed by atoms with van der Waals surface area (Å²) in [5.41, 5.74) is 0.899. The third-order valence-electron chi connectivity index (χ3n) is 3.47. The summed E-state index contributed by atoms with van der Waals surface area (Å²) in [7, 11) is 0. The Bertz CT molecular complexity index is 935. The molecule has 140 valence electrons. The molecule has 0 saturated heterocycles. The van der Waals surface area contributed by atoms with Crippen molar-refractivity contribution in [2.45, 2.75) is 45.8 Å². The molecule has 1 atom stereocenters. The fourth-order valence-corrected chi connectivity index (χ4v) is 3.11. The van der Waals surface area contributed by atoms with E-state index in [1.165, 1.54) is 23.5 Å². The number of thiazole rings is 1. The third kappa shape index (κ3) is 5.50. The normalized spacial score (nSPS) is 12.0. The molecule has 27 heavy (non-hydrogen) atoms. The van der Waals surface area contributed by atoms with E-state index in [4.69, 9.17) is 10.00 Å². The SMILES string of the molecule is Cc1nc(-c2ccc(C[C@@H](C#N)OC(=O)NC(C)(C)C)c(F)c2)sc1C#N. The molecule has 0 aliphatic rings. The maximum absolute atomic E-state index is 14.5. The predicted molar refractivity (Wildman–Crippen MR) is 99.4 cm³/mol. The summed E-state index contributed by atoms with van der Waals surface area (Å²) in [5, 5.41) is 21.4. The third-order valence-corrected chi connectivity index (χ3v) is 4.58. The zero-order chi connectivity index (χ0) is 20.2. The molecule has 0 fully saturated rings.